The van der Waals surface area contributed by atoms with Gasteiger partial charge in [0.15, 0.2) is 0 Å². The summed E-state index contributed by atoms with van der Waals surface area (Å²) in [4.78, 5) is 86.1. The number of nitrogens with one attached hydrogen (secondary N) is 4. The van der Waals surface area contributed by atoms with Crippen molar-refractivity contribution in [3.63, 3.8) is 0 Å². The number of primary amides is 1. The van der Waals surface area contributed by atoms with Crippen LogP contribution in [0.15, 0.2) is 18.2 Å². The van der Waals surface area contributed by atoms with Gasteiger partial charge in [0.2, 0.25) is 35.9 Å². The van der Waals surface area contributed by atoms with E-state index >= 15 is 0 Å². The number of hydrogen-bond donors (Lipinski definition) is 6. The van der Waals surface area contributed by atoms with Crippen molar-refractivity contribution in [2.24, 2.45) is 17.6 Å². The van der Waals surface area contributed by atoms with Gasteiger partial charge < -0.3 is 41.7 Å². The summed E-state index contributed by atoms with van der Waals surface area (Å²) >= 11 is 0. The average Bonchev–Trinajstić information content (AvgIpc) is 3.37. The number of urea groups is 1. The number of nitrogens with two attached hydrogens (primary N) is 1. The fraction of sp³-hybridized carbons (Fsp3) is 0.658. The van der Waals surface area contributed by atoms with E-state index in [-0.39, 0.29) is 76.4 Å². The van der Waals surface area contributed by atoms with E-state index in [1.54, 1.807) is 32.2 Å². The molecule has 3 rings (SSSR count). The number of carbonyl (C=O) groups is 7. The van der Waals surface area contributed by atoms with Crippen LogP contribution in [-0.2, 0) is 46.7 Å². The predicted molar refractivity (Wildman–Crippen MR) is 207 cm³/mol. The van der Waals surface area contributed by atoms with E-state index in [1.807, 2.05) is 13.8 Å². The van der Waals surface area contributed by atoms with E-state index in [2.05, 4.69) is 42.0 Å². The third-order valence-electron chi connectivity index (χ3n) is 8.11. The first-order valence-corrected chi connectivity index (χ1v) is 19.0. The van der Waals surface area contributed by atoms with Crippen LogP contribution in [0.3, 0.4) is 0 Å². The van der Waals surface area contributed by atoms with Gasteiger partial charge in [-0.1, -0.05) is 73.3 Å². The number of anilines is 1. The highest BCUT2D eigenvalue weighted by atomic mass is 16.5. The second-order valence-corrected chi connectivity index (χ2v) is 13.1. The maximum absolute atomic E-state index is 13.1. The molecular formula is C38H65N7O9. The Morgan fingerprint density at radius 3 is 2.22 bits per heavy atom. The minimum absolute atomic E-state index is 0.0107. The molecule has 1 aliphatic carbocycles. The van der Waals surface area contributed by atoms with Crippen LogP contribution in [0.2, 0.25) is 0 Å². The number of nitrogens with zero attached hydrogens (tertiary/aromatic N) is 2. The molecule has 54 heavy (non-hydrogen) atoms. The van der Waals surface area contributed by atoms with Gasteiger partial charge in [-0.25, -0.2) is 4.79 Å². The molecule has 1 saturated carbocycles. The lowest BCUT2D eigenvalue weighted by atomic mass is 9.88. The van der Waals surface area contributed by atoms with E-state index in [9.17, 15) is 38.7 Å². The molecule has 0 spiro atoms. The summed E-state index contributed by atoms with van der Waals surface area (Å²) in [5.41, 5.74) is 6.64. The van der Waals surface area contributed by atoms with Crippen molar-refractivity contribution in [2.45, 2.75) is 112 Å². The smallest absolute Gasteiger partial charge is 0.312 e. The third-order valence-corrected chi connectivity index (χ3v) is 8.11. The zero-order valence-electron chi connectivity index (χ0n) is 33.3. The number of amides is 8. The van der Waals surface area contributed by atoms with Gasteiger partial charge >= 0.3 is 6.03 Å². The molecule has 7 N–H and O–H groups in total. The van der Waals surface area contributed by atoms with E-state index in [4.69, 9.17) is 10.5 Å². The maximum atomic E-state index is 13.1. The second kappa shape index (κ2) is 28.9. The maximum Gasteiger partial charge on any atom is 0.312 e. The summed E-state index contributed by atoms with van der Waals surface area (Å²) in [6, 6.07) is 3.03. The highest BCUT2D eigenvalue weighted by molar-refractivity contribution is 6.03. The molecule has 2 fully saturated rings. The standard InChI is InChI=1S/C28H41N7O9.C5H10.C3H8.C2H6/c1-18-12-25(40)35(27(18)42)9-11-44-10-7-23(38)31-14-24(39)33-22(4-3-8-30-28(29)43)26(41)32-21-6-5-19(16-36)20(13-21)15-34(2)17-37;1-5-3-2-4-5;1-3-2;1-2/h5-6,13,17-18,22,36H,3-4,7-12,14-16H2,1-2H3,(H,31,38)(H,32,41)(H,33,39)(H3,29,30,43);5H,2-4H2,1H3;3H2,1-2H3;1-2H3/t18?,22-;;;/m0.../s1. The van der Waals surface area contributed by atoms with Gasteiger partial charge in [-0.15, -0.1) is 0 Å². The molecule has 0 radical (unpaired) electrons. The SMILES string of the molecule is CC.CC1CC(=O)N(CCOCCC(=O)NCC(=O)N[C@@H](CCCNC(N)=O)C(=O)Nc2ccc(CO)c(CN(C)C=O)c2)C1=O.CC1CCC1.CCC. The van der Waals surface area contributed by atoms with Gasteiger partial charge in [0.25, 0.3) is 0 Å². The third kappa shape index (κ3) is 20.6. The molecular weight excluding hydrogens is 698 g/mol. The molecule has 1 heterocycles. The molecule has 1 saturated heterocycles. The van der Waals surface area contributed by atoms with Crippen molar-refractivity contribution in [1.29, 1.82) is 0 Å². The molecule has 1 aromatic carbocycles. The number of aliphatic hydroxyl groups excluding tert-OH is 1. The Morgan fingerprint density at radius 1 is 1.06 bits per heavy atom. The first-order valence-electron chi connectivity index (χ1n) is 19.0. The first kappa shape index (κ1) is 49.4. The van der Waals surface area contributed by atoms with Crippen molar-refractivity contribution in [3.05, 3.63) is 29.3 Å². The quantitative estimate of drug-likeness (QED) is 0.0691. The summed E-state index contributed by atoms with van der Waals surface area (Å²) in [7, 11) is 1.57. The molecule has 2 aliphatic rings. The Hall–Kier alpha value is -4.57. The topological polar surface area (TPSA) is 230 Å². The Morgan fingerprint density at radius 2 is 1.70 bits per heavy atom. The van der Waals surface area contributed by atoms with Gasteiger partial charge in [0, 0.05) is 44.6 Å². The fourth-order valence-electron chi connectivity index (χ4n) is 4.96. The van der Waals surface area contributed by atoms with Crippen LogP contribution in [0, 0.1) is 11.8 Å². The van der Waals surface area contributed by atoms with Crippen LogP contribution in [0.1, 0.15) is 104 Å². The summed E-state index contributed by atoms with van der Waals surface area (Å²) in [6.07, 6.45) is 6.88. The lowest BCUT2D eigenvalue weighted by Gasteiger charge is -2.20. The largest absolute Gasteiger partial charge is 0.392 e. The molecule has 0 aromatic heterocycles. The average molecular weight is 764 g/mol. The highest BCUT2D eigenvalue weighted by Crippen LogP contribution is 2.24. The monoisotopic (exact) mass is 763 g/mol. The first-order chi connectivity index (χ1) is 25.8. The second-order valence-electron chi connectivity index (χ2n) is 13.1. The Kier molecular flexibility index (Phi) is 26.4. The Bertz CT molecular complexity index is 1320. The molecule has 1 aromatic rings. The molecule has 0 bridgehead atoms. The van der Waals surface area contributed by atoms with Crippen molar-refractivity contribution in [3.8, 4) is 0 Å². The van der Waals surface area contributed by atoms with Gasteiger partial charge in [-0.05, 0) is 42.0 Å². The van der Waals surface area contributed by atoms with Gasteiger partial charge in [0.05, 0.1) is 32.9 Å². The van der Waals surface area contributed by atoms with E-state index in [1.165, 1.54) is 30.6 Å². The number of hydrogen-bond acceptors (Lipinski definition) is 9. The number of imide groups is 1. The summed E-state index contributed by atoms with van der Waals surface area (Å²) in [6.45, 7) is 12.1. The molecule has 1 unspecified atom stereocenters. The number of carbonyl (C=O) groups excluding carboxylic acids is 7. The van der Waals surface area contributed by atoms with Crippen molar-refractivity contribution >= 4 is 47.7 Å². The predicted octanol–water partition coefficient (Wildman–Crippen LogP) is 2.81. The number of ether oxygens (including phenoxy) is 1. The Labute approximate surface area is 320 Å². The lowest BCUT2D eigenvalue weighted by molar-refractivity contribution is -0.140. The minimum Gasteiger partial charge on any atom is -0.392 e. The van der Waals surface area contributed by atoms with Crippen LogP contribution in [0.5, 0.6) is 0 Å². The Balaban J connectivity index is 0.00000247. The van der Waals surface area contributed by atoms with Gasteiger partial charge in [-0.3, -0.25) is 33.7 Å². The van der Waals surface area contributed by atoms with Gasteiger partial charge in [0.1, 0.15) is 6.04 Å². The normalized spacial score (nSPS) is 15.0. The minimum atomic E-state index is -1.03. The van der Waals surface area contributed by atoms with Crippen molar-refractivity contribution in [2.75, 3.05) is 45.2 Å². The van der Waals surface area contributed by atoms with Crippen molar-refractivity contribution in [1.82, 2.24) is 25.8 Å². The van der Waals surface area contributed by atoms with Crippen LogP contribution in [-0.4, -0.2) is 103 Å². The summed E-state index contributed by atoms with van der Waals surface area (Å²) in [5.74, 6) is -1.45. The molecule has 8 amide bonds. The highest BCUT2D eigenvalue weighted by Gasteiger charge is 2.35. The number of rotatable bonds is 19. The fourth-order valence-corrected chi connectivity index (χ4v) is 4.96. The molecule has 306 valence electrons. The molecule has 16 nitrogen and oxygen atoms in total. The molecule has 2 atom stereocenters. The van der Waals surface area contributed by atoms with E-state index in [0.29, 0.717) is 29.6 Å². The van der Waals surface area contributed by atoms with Crippen LogP contribution >= 0.6 is 0 Å². The number of likely N-dealkylation sites (tertiary alicyclic amines) is 1. The van der Waals surface area contributed by atoms with E-state index < -0.39 is 36.3 Å². The van der Waals surface area contributed by atoms with Crippen LogP contribution in [0.25, 0.3) is 0 Å². The van der Waals surface area contributed by atoms with Crippen LogP contribution < -0.4 is 27.0 Å². The molecule has 1 aliphatic heterocycles. The summed E-state index contributed by atoms with van der Waals surface area (Å²) in [5, 5.41) is 19.7. The van der Waals surface area contributed by atoms with Crippen molar-refractivity contribution < 1.29 is 43.4 Å². The zero-order valence-corrected chi connectivity index (χ0v) is 33.3. The van der Waals surface area contributed by atoms with E-state index in [0.717, 1.165) is 10.8 Å². The number of benzene rings is 1. The zero-order chi connectivity index (χ0) is 41.1. The summed E-state index contributed by atoms with van der Waals surface area (Å²) < 4.78 is 5.35. The lowest BCUT2D eigenvalue weighted by Crippen LogP contribution is -2.47. The number of aliphatic hydroxyl groups is 1. The van der Waals surface area contributed by atoms with Gasteiger partial charge in [-0.2, -0.15) is 0 Å². The van der Waals surface area contributed by atoms with Crippen LogP contribution in [0.4, 0.5) is 10.5 Å². The molecule has 16 heteroatoms.